The Morgan fingerprint density at radius 1 is 1.26 bits per heavy atom. The molecule has 0 bridgehead atoms. The minimum absolute atomic E-state index is 0.0616. The zero-order chi connectivity index (χ0) is 13.5. The molecule has 3 nitrogen and oxygen atoms in total. The predicted octanol–water partition coefficient (Wildman–Crippen LogP) is 2.33. The Labute approximate surface area is 122 Å². The van der Waals surface area contributed by atoms with Gasteiger partial charge in [-0.05, 0) is 36.4 Å². The highest BCUT2D eigenvalue weighted by atomic mass is 79.9. The van der Waals surface area contributed by atoms with Gasteiger partial charge in [-0.3, -0.25) is 0 Å². The van der Waals surface area contributed by atoms with E-state index in [0.717, 1.165) is 30.4 Å². The fourth-order valence-electron chi connectivity index (χ4n) is 3.59. The van der Waals surface area contributed by atoms with Gasteiger partial charge in [0.1, 0.15) is 0 Å². The van der Waals surface area contributed by atoms with Crippen molar-refractivity contribution >= 4 is 25.8 Å². The number of benzene rings is 1. The van der Waals surface area contributed by atoms with Gasteiger partial charge in [0.05, 0.1) is 11.5 Å². The second-order valence-corrected chi connectivity index (χ2v) is 8.77. The zero-order valence-electron chi connectivity index (χ0n) is 10.7. The minimum Gasteiger partial charge on any atom is -0.316 e. The van der Waals surface area contributed by atoms with Crippen molar-refractivity contribution in [3.63, 3.8) is 0 Å². The monoisotopic (exact) mass is 343 g/mol. The van der Waals surface area contributed by atoms with E-state index in [-0.39, 0.29) is 11.3 Å². The Hall–Kier alpha value is -0.390. The van der Waals surface area contributed by atoms with E-state index < -0.39 is 9.84 Å². The van der Waals surface area contributed by atoms with Gasteiger partial charge in [0.2, 0.25) is 0 Å². The second kappa shape index (κ2) is 4.86. The van der Waals surface area contributed by atoms with Crippen molar-refractivity contribution in [3.05, 3.63) is 34.3 Å². The molecule has 2 unspecified atom stereocenters. The van der Waals surface area contributed by atoms with Crippen LogP contribution in [-0.2, 0) is 9.84 Å². The number of hydrogen-bond acceptors (Lipinski definition) is 3. The Morgan fingerprint density at radius 2 is 2.05 bits per heavy atom. The van der Waals surface area contributed by atoms with E-state index in [4.69, 9.17) is 0 Å². The van der Waals surface area contributed by atoms with E-state index in [2.05, 4.69) is 27.3 Å². The average Bonchev–Trinajstić information content (AvgIpc) is 2.67. The van der Waals surface area contributed by atoms with Crippen LogP contribution in [0.25, 0.3) is 0 Å². The van der Waals surface area contributed by atoms with Crippen LogP contribution in [-0.4, -0.2) is 33.0 Å². The second-order valence-electron chi connectivity index (χ2n) is 5.73. The molecule has 0 radical (unpaired) electrons. The van der Waals surface area contributed by atoms with Gasteiger partial charge in [-0.1, -0.05) is 34.1 Å². The molecule has 19 heavy (non-hydrogen) atoms. The van der Waals surface area contributed by atoms with Crippen molar-refractivity contribution in [3.8, 4) is 0 Å². The number of halogens is 1. The highest BCUT2D eigenvalue weighted by molar-refractivity contribution is 9.10. The van der Waals surface area contributed by atoms with Crippen LogP contribution in [0.4, 0.5) is 0 Å². The van der Waals surface area contributed by atoms with Crippen molar-refractivity contribution in [2.45, 2.75) is 18.8 Å². The lowest BCUT2D eigenvalue weighted by Crippen LogP contribution is -2.44. The lowest BCUT2D eigenvalue weighted by atomic mass is 9.68. The first kappa shape index (κ1) is 13.6. The molecule has 1 N–H and O–H groups in total. The summed E-state index contributed by atoms with van der Waals surface area (Å²) in [5.41, 5.74) is 1.18. The van der Waals surface area contributed by atoms with E-state index in [9.17, 15) is 8.42 Å². The van der Waals surface area contributed by atoms with Crippen LogP contribution in [0.15, 0.2) is 28.7 Å². The quantitative estimate of drug-likeness (QED) is 0.851. The maximum atomic E-state index is 11.9. The van der Waals surface area contributed by atoms with Gasteiger partial charge in [-0.25, -0.2) is 8.42 Å². The standard InChI is InChI=1S/C14H18BrNO2S/c15-13-4-2-1-3-11(13)12-9-16-7-5-14(12)6-8-19(17,18)10-14/h1-4,12,16H,5-10H2. The van der Waals surface area contributed by atoms with Crippen LogP contribution in [0, 0.1) is 5.41 Å². The van der Waals surface area contributed by atoms with Gasteiger partial charge in [0.25, 0.3) is 0 Å². The van der Waals surface area contributed by atoms with Gasteiger partial charge < -0.3 is 5.32 Å². The topological polar surface area (TPSA) is 46.2 Å². The molecule has 2 saturated heterocycles. The molecule has 3 rings (SSSR count). The molecule has 2 heterocycles. The fourth-order valence-corrected chi connectivity index (χ4v) is 6.37. The van der Waals surface area contributed by atoms with Crippen molar-refractivity contribution < 1.29 is 8.42 Å². The normalized spacial score (nSPS) is 33.6. The maximum absolute atomic E-state index is 11.9. The zero-order valence-corrected chi connectivity index (χ0v) is 13.1. The summed E-state index contributed by atoms with van der Waals surface area (Å²) in [5, 5.41) is 3.42. The van der Waals surface area contributed by atoms with Gasteiger partial charge in [-0.2, -0.15) is 0 Å². The predicted molar refractivity (Wildman–Crippen MR) is 80.1 cm³/mol. The summed E-state index contributed by atoms with van der Waals surface area (Å²) >= 11 is 3.61. The lowest BCUT2D eigenvalue weighted by Gasteiger charge is -2.41. The van der Waals surface area contributed by atoms with E-state index >= 15 is 0 Å². The Morgan fingerprint density at radius 3 is 2.74 bits per heavy atom. The molecule has 0 amide bonds. The summed E-state index contributed by atoms with van der Waals surface area (Å²) in [6.07, 6.45) is 1.77. The molecule has 1 aromatic rings. The third kappa shape index (κ3) is 2.48. The Kier molecular flexibility index (Phi) is 3.48. The maximum Gasteiger partial charge on any atom is 0.150 e. The van der Waals surface area contributed by atoms with Crippen LogP contribution >= 0.6 is 15.9 Å². The van der Waals surface area contributed by atoms with Crippen molar-refractivity contribution in [2.75, 3.05) is 24.6 Å². The molecule has 104 valence electrons. The van der Waals surface area contributed by atoms with E-state index in [1.165, 1.54) is 5.56 Å². The third-order valence-electron chi connectivity index (χ3n) is 4.59. The van der Waals surface area contributed by atoms with E-state index in [1.54, 1.807) is 0 Å². The number of piperidine rings is 1. The molecule has 2 fully saturated rings. The van der Waals surface area contributed by atoms with Crippen LogP contribution in [0.3, 0.4) is 0 Å². The van der Waals surface area contributed by atoms with E-state index in [1.807, 2.05) is 18.2 Å². The number of hydrogen-bond donors (Lipinski definition) is 1. The summed E-state index contributed by atoms with van der Waals surface area (Å²) in [6, 6.07) is 8.20. The van der Waals surface area contributed by atoms with Crippen molar-refractivity contribution in [2.24, 2.45) is 5.41 Å². The lowest BCUT2D eigenvalue weighted by molar-refractivity contribution is 0.195. The molecule has 0 aromatic heterocycles. The minimum atomic E-state index is -2.85. The average molecular weight is 344 g/mol. The Balaban J connectivity index is 2.01. The van der Waals surface area contributed by atoms with Crippen LogP contribution in [0.2, 0.25) is 0 Å². The smallest absolute Gasteiger partial charge is 0.150 e. The molecule has 2 aliphatic heterocycles. The summed E-state index contributed by atoms with van der Waals surface area (Å²) < 4.78 is 25.0. The Bertz CT molecular complexity index is 587. The van der Waals surface area contributed by atoms with Gasteiger partial charge in [-0.15, -0.1) is 0 Å². The highest BCUT2D eigenvalue weighted by Gasteiger charge is 2.49. The third-order valence-corrected chi connectivity index (χ3v) is 7.15. The number of sulfone groups is 1. The van der Waals surface area contributed by atoms with Crippen molar-refractivity contribution in [1.82, 2.24) is 5.32 Å². The molecule has 2 aliphatic rings. The molecular weight excluding hydrogens is 326 g/mol. The van der Waals surface area contributed by atoms with Crippen LogP contribution < -0.4 is 5.32 Å². The van der Waals surface area contributed by atoms with Crippen LogP contribution in [0.1, 0.15) is 24.3 Å². The molecule has 0 aliphatic carbocycles. The fraction of sp³-hybridized carbons (Fsp3) is 0.571. The summed E-state index contributed by atoms with van der Waals surface area (Å²) in [5.74, 6) is 0.996. The summed E-state index contributed by atoms with van der Waals surface area (Å²) in [6.45, 7) is 1.80. The first-order valence-corrected chi connectivity index (χ1v) is 9.29. The first-order valence-electron chi connectivity index (χ1n) is 6.68. The molecule has 1 aromatic carbocycles. The van der Waals surface area contributed by atoms with Crippen molar-refractivity contribution in [1.29, 1.82) is 0 Å². The van der Waals surface area contributed by atoms with Gasteiger partial charge in [0.15, 0.2) is 9.84 Å². The SMILES string of the molecule is O=S1(=O)CCC2(CCNCC2c2ccccc2Br)C1. The largest absolute Gasteiger partial charge is 0.316 e. The number of nitrogens with one attached hydrogen (secondary N) is 1. The molecule has 0 saturated carbocycles. The number of rotatable bonds is 1. The van der Waals surface area contributed by atoms with Crippen LogP contribution in [0.5, 0.6) is 0 Å². The highest BCUT2D eigenvalue weighted by Crippen LogP contribution is 2.49. The van der Waals surface area contributed by atoms with E-state index in [0.29, 0.717) is 11.5 Å². The first-order chi connectivity index (χ1) is 9.03. The molecular formula is C14H18BrNO2S. The van der Waals surface area contributed by atoms with Gasteiger partial charge in [0, 0.05) is 16.9 Å². The molecule has 1 spiro atoms. The molecule has 5 heteroatoms. The summed E-state index contributed by atoms with van der Waals surface area (Å²) in [7, 11) is -2.85. The summed E-state index contributed by atoms with van der Waals surface area (Å²) in [4.78, 5) is 0. The van der Waals surface area contributed by atoms with Gasteiger partial charge >= 0.3 is 0 Å². The molecule has 2 atom stereocenters.